The molecule has 3 aromatic heterocycles. The number of amides is 1. The normalized spacial score (nSPS) is 11.5. The summed E-state index contributed by atoms with van der Waals surface area (Å²) in [5.74, 6) is -0.383. The SMILES string of the molecule is Cc1cc(C(F)F)n2ncc(C(=O)NCCCn3nc(C)cc3C)c2n1. The molecule has 3 aromatic rings. The largest absolute Gasteiger partial charge is 0.352 e. The Morgan fingerprint density at radius 1 is 1.23 bits per heavy atom. The molecule has 9 heteroatoms. The number of rotatable bonds is 6. The Morgan fingerprint density at radius 3 is 2.65 bits per heavy atom. The number of nitrogens with zero attached hydrogens (tertiary/aromatic N) is 5. The third-order valence-electron chi connectivity index (χ3n) is 4.03. The minimum Gasteiger partial charge on any atom is -0.352 e. The van der Waals surface area contributed by atoms with Gasteiger partial charge in [-0.2, -0.15) is 10.2 Å². The van der Waals surface area contributed by atoms with Crippen molar-refractivity contribution in [1.29, 1.82) is 0 Å². The Balaban J connectivity index is 1.67. The quantitative estimate of drug-likeness (QED) is 0.684. The highest BCUT2D eigenvalue weighted by Gasteiger charge is 2.20. The van der Waals surface area contributed by atoms with E-state index >= 15 is 0 Å². The fourth-order valence-electron chi connectivity index (χ4n) is 2.86. The maximum absolute atomic E-state index is 13.1. The molecule has 0 saturated carbocycles. The molecule has 1 amide bonds. The first-order valence-corrected chi connectivity index (χ1v) is 8.29. The molecule has 3 heterocycles. The van der Waals surface area contributed by atoms with Crippen molar-refractivity contribution in [3.8, 4) is 0 Å². The summed E-state index contributed by atoms with van der Waals surface area (Å²) in [7, 11) is 0. The molecule has 0 bridgehead atoms. The van der Waals surface area contributed by atoms with Gasteiger partial charge in [-0.15, -0.1) is 0 Å². The van der Waals surface area contributed by atoms with Crippen LogP contribution in [0.3, 0.4) is 0 Å². The summed E-state index contributed by atoms with van der Waals surface area (Å²) in [5.41, 5.74) is 2.46. The summed E-state index contributed by atoms with van der Waals surface area (Å²) in [5, 5.41) is 11.0. The second-order valence-corrected chi connectivity index (χ2v) is 6.18. The highest BCUT2D eigenvalue weighted by molar-refractivity contribution is 5.99. The summed E-state index contributed by atoms with van der Waals surface area (Å²) in [6.07, 6.45) is -0.734. The van der Waals surface area contributed by atoms with Gasteiger partial charge in [0.15, 0.2) is 5.65 Å². The molecule has 0 fully saturated rings. The van der Waals surface area contributed by atoms with E-state index in [1.807, 2.05) is 24.6 Å². The van der Waals surface area contributed by atoms with Gasteiger partial charge >= 0.3 is 0 Å². The topological polar surface area (TPSA) is 77.1 Å². The Labute approximate surface area is 149 Å². The summed E-state index contributed by atoms with van der Waals surface area (Å²) in [6, 6.07) is 3.26. The lowest BCUT2D eigenvalue weighted by Crippen LogP contribution is -2.25. The van der Waals surface area contributed by atoms with Crippen molar-refractivity contribution in [2.75, 3.05) is 6.54 Å². The van der Waals surface area contributed by atoms with E-state index in [2.05, 4.69) is 20.5 Å². The summed E-state index contributed by atoms with van der Waals surface area (Å²) in [6.45, 7) is 6.63. The van der Waals surface area contributed by atoms with Crippen LogP contribution in [-0.4, -0.2) is 36.8 Å². The van der Waals surface area contributed by atoms with Gasteiger partial charge < -0.3 is 5.32 Å². The Kier molecular flexibility index (Phi) is 4.97. The molecule has 0 unspecified atom stereocenters. The van der Waals surface area contributed by atoms with Gasteiger partial charge in [-0.25, -0.2) is 18.3 Å². The zero-order chi connectivity index (χ0) is 18.8. The maximum atomic E-state index is 13.1. The van der Waals surface area contributed by atoms with Crippen molar-refractivity contribution in [2.24, 2.45) is 0 Å². The van der Waals surface area contributed by atoms with E-state index in [1.54, 1.807) is 6.92 Å². The van der Waals surface area contributed by atoms with E-state index in [0.717, 1.165) is 15.9 Å². The molecule has 7 nitrogen and oxygen atoms in total. The van der Waals surface area contributed by atoms with Gasteiger partial charge in [0.1, 0.15) is 11.3 Å². The molecule has 3 rings (SSSR count). The lowest BCUT2D eigenvalue weighted by molar-refractivity contribution is 0.0953. The lowest BCUT2D eigenvalue weighted by Gasteiger charge is -2.07. The number of hydrogen-bond donors (Lipinski definition) is 1. The first kappa shape index (κ1) is 18.0. The van der Waals surface area contributed by atoms with E-state index in [0.29, 0.717) is 25.2 Å². The molecule has 1 N–H and O–H groups in total. The van der Waals surface area contributed by atoms with Crippen molar-refractivity contribution in [1.82, 2.24) is 29.7 Å². The van der Waals surface area contributed by atoms with Gasteiger partial charge in [0, 0.05) is 24.5 Å². The lowest BCUT2D eigenvalue weighted by atomic mass is 10.2. The van der Waals surface area contributed by atoms with Gasteiger partial charge in [0.05, 0.1) is 11.9 Å². The first-order chi connectivity index (χ1) is 12.4. The van der Waals surface area contributed by atoms with Crippen LogP contribution in [0.4, 0.5) is 8.78 Å². The summed E-state index contributed by atoms with van der Waals surface area (Å²) >= 11 is 0. The highest BCUT2D eigenvalue weighted by atomic mass is 19.3. The predicted molar refractivity (Wildman–Crippen MR) is 91.3 cm³/mol. The van der Waals surface area contributed by atoms with E-state index in [1.165, 1.54) is 12.3 Å². The minimum absolute atomic E-state index is 0.136. The van der Waals surface area contributed by atoms with Gasteiger partial charge in [-0.05, 0) is 39.3 Å². The molecule has 0 atom stereocenters. The van der Waals surface area contributed by atoms with Crippen LogP contribution in [0.1, 0.15) is 46.0 Å². The third kappa shape index (κ3) is 3.56. The molecule has 0 aliphatic carbocycles. The number of fused-ring (bicyclic) bond motifs is 1. The van der Waals surface area contributed by atoms with Crippen molar-refractivity contribution in [3.05, 3.63) is 46.7 Å². The van der Waals surface area contributed by atoms with Crippen molar-refractivity contribution < 1.29 is 13.6 Å². The van der Waals surface area contributed by atoms with Crippen LogP contribution in [0, 0.1) is 20.8 Å². The molecule has 26 heavy (non-hydrogen) atoms. The number of halogens is 2. The van der Waals surface area contributed by atoms with Crippen LogP contribution in [0.5, 0.6) is 0 Å². The number of nitrogens with one attached hydrogen (secondary N) is 1. The van der Waals surface area contributed by atoms with Gasteiger partial charge in [0.25, 0.3) is 12.3 Å². The average molecular weight is 362 g/mol. The number of carbonyl (C=O) groups is 1. The van der Waals surface area contributed by atoms with Gasteiger partial charge in [-0.1, -0.05) is 0 Å². The summed E-state index contributed by atoms with van der Waals surface area (Å²) < 4.78 is 29.2. The van der Waals surface area contributed by atoms with Crippen LogP contribution >= 0.6 is 0 Å². The number of hydrogen-bond acceptors (Lipinski definition) is 4. The Bertz CT molecular complexity index is 946. The second kappa shape index (κ2) is 7.19. The van der Waals surface area contributed by atoms with E-state index in [4.69, 9.17) is 0 Å². The number of aromatic nitrogens is 5. The van der Waals surface area contributed by atoms with Crippen molar-refractivity contribution in [2.45, 2.75) is 40.2 Å². The van der Waals surface area contributed by atoms with Crippen molar-refractivity contribution >= 4 is 11.6 Å². The van der Waals surface area contributed by atoms with Crippen LogP contribution < -0.4 is 5.32 Å². The standard InChI is InChI=1S/C17H20F2N6O/c1-10-8-14(15(18)19)25-16(22-10)13(9-21-25)17(26)20-5-4-6-24-12(3)7-11(2)23-24/h7-9,15H,4-6H2,1-3H3,(H,20,26). The molecule has 0 radical (unpaired) electrons. The first-order valence-electron chi connectivity index (χ1n) is 8.29. The average Bonchev–Trinajstić information content (AvgIpc) is 3.13. The third-order valence-corrected chi connectivity index (χ3v) is 4.03. The zero-order valence-electron chi connectivity index (χ0n) is 14.8. The van der Waals surface area contributed by atoms with Crippen LogP contribution in [0.2, 0.25) is 0 Å². The van der Waals surface area contributed by atoms with Gasteiger partial charge in [0.2, 0.25) is 0 Å². The Morgan fingerprint density at radius 2 is 2.00 bits per heavy atom. The minimum atomic E-state index is -2.70. The molecule has 138 valence electrons. The smallest absolute Gasteiger partial charge is 0.280 e. The molecule has 0 saturated heterocycles. The predicted octanol–water partition coefficient (Wildman–Crippen LogP) is 2.61. The monoisotopic (exact) mass is 362 g/mol. The van der Waals surface area contributed by atoms with Gasteiger partial charge in [-0.3, -0.25) is 9.48 Å². The number of aryl methyl sites for hydroxylation is 4. The zero-order valence-corrected chi connectivity index (χ0v) is 14.8. The molecule has 0 spiro atoms. The molecule has 0 aliphatic heterocycles. The highest BCUT2D eigenvalue weighted by Crippen LogP contribution is 2.21. The molecular weight excluding hydrogens is 342 g/mol. The number of alkyl halides is 2. The fourth-order valence-corrected chi connectivity index (χ4v) is 2.86. The summed E-state index contributed by atoms with van der Waals surface area (Å²) in [4.78, 5) is 16.6. The van der Waals surface area contributed by atoms with E-state index in [9.17, 15) is 13.6 Å². The fraction of sp³-hybridized carbons (Fsp3) is 0.412. The van der Waals surface area contributed by atoms with E-state index in [-0.39, 0.29) is 22.8 Å². The van der Waals surface area contributed by atoms with Crippen LogP contribution in [0.25, 0.3) is 5.65 Å². The Hall–Kier alpha value is -2.84. The molecule has 0 aromatic carbocycles. The second-order valence-electron chi connectivity index (χ2n) is 6.18. The molecular formula is C17H20F2N6O. The molecule has 0 aliphatic rings. The maximum Gasteiger partial charge on any atom is 0.280 e. The van der Waals surface area contributed by atoms with E-state index < -0.39 is 6.43 Å². The van der Waals surface area contributed by atoms with Crippen LogP contribution in [0.15, 0.2) is 18.3 Å². The van der Waals surface area contributed by atoms with Crippen molar-refractivity contribution in [3.63, 3.8) is 0 Å². The van der Waals surface area contributed by atoms with Crippen LogP contribution in [-0.2, 0) is 6.54 Å². The number of carbonyl (C=O) groups excluding carboxylic acids is 1.